The number of nitrogens with zero attached hydrogens (tertiary/aromatic N) is 1. The molecule has 0 heterocycles. The minimum Gasteiger partial charge on any atom is -0.383 e. The molecule has 1 unspecified atom stereocenters. The number of aliphatic hydroxyl groups excluding tert-OH is 1. The molecule has 0 spiro atoms. The van der Waals surface area contributed by atoms with Gasteiger partial charge < -0.3 is 5.11 Å². The molecule has 0 amide bonds. The van der Waals surface area contributed by atoms with E-state index in [1.807, 2.05) is 6.92 Å². The van der Waals surface area contributed by atoms with Gasteiger partial charge in [0.25, 0.3) is 0 Å². The number of rotatable bonds is 5. The highest BCUT2D eigenvalue weighted by molar-refractivity contribution is 6.47. The first-order valence-corrected chi connectivity index (χ1v) is 4.38. The molecule has 0 aromatic heterocycles. The molecular weight excluding hydrogens is 205 g/mol. The van der Waals surface area contributed by atoms with Gasteiger partial charge >= 0.3 is 4.46 Å². The van der Waals surface area contributed by atoms with Crippen LogP contribution < -0.4 is 0 Å². The van der Waals surface area contributed by atoms with E-state index in [4.69, 9.17) is 23.2 Å². The van der Waals surface area contributed by atoms with Crippen LogP contribution in [0, 0.1) is 10.1 Å². The van der Waals surface area contributed by atoms with Crippen LogP contribution in [-0.2, 0) is 0 Å². The highest BCUT2D eigenvalue weighted by Crippen LogP contribution is 2.28. The molecule has 1 N–H and O–H groups in total. The van der Waals surface area contributed by atoms with Gasteiger partial charge in [0.2, 0.25) is 0 Å². The summed E-state index contributed by atoms with van der Waals surface area (Å²) in [5.74, 6) is 0. The topological polar surface area (TPSA) is 63.4 Å². The van der Waals surface area contributed by atoms with Gasteiger partial charge in [-0.05, 0) is 29.6 Å². The second kappa shape index (κ2) is 4.84. The van der Waals surface area contributed by atoms with Crippen molar-refractivity contribution in [1.29, 1.82) is 0 Å². The van der Waals surface area contributed by atoms with Crippen molar-refractivity contribution in [3.63, 3.8) is 0 Å². The van der Waals surface area contributed by atoms with Crippen molar-refractivity contribution in [1.82, 2.24) is 0 Å². The van der Waals surface area contributed by atoms with E-state index < -0.39 is 15.5 Å². The van der Waals surface area contributed by atoms with Crippen LogP contribution in [0.5, 0.6) is 0 Å². The zero-order valence-corrected chi connectivity index (χ0v) is 8.18. The molecule has 0 radical (unpaired) electrons. The maximum Gasteiger partial charge on any atom is 0.395 e. The van der Waals surface area contributed by atoms with Crippen LogP contribution in [0.25, 0.3) is 0 Å². The number of aliphatic hydroxyl groups is 1. The monoisotopic (exact) mass is 215 g/mol. The Morgan fingerprint density at radius 3 is 2.50 bits per heavy atom. The predicted octanol–water partition coefficient (Wildman–Crippen LogP) is 1.95. The fourth-order valence-electron chi connectivity index (χ4n) is 0.693. The fraction of sp³-hybridized carbons (Fsp3) is 1.00. The van der Waals surface area contributed by atoms with Crippen molar-refractivity contribution in [2.45, 2.75) is 36.7 Å². The Hall–Kier alpha value is -0.0600. The molecule has 0 aromatic rings. The fourth-order valence-corrected chi connectivity index (χ4v) is 0.911. The molecule has 0 aliphatic heterocycles. The van der Waals surface area contributed by atoms with Crippen LogP contribution in [0.1, 0.15) is 26.2 Å². The van der Waals surface area contributed by atoms with Gasteiger partial charge in [-0.1, -0.05) is 19.8 Å². The van der Waals surface area contributed by atoms with E-state index in [-0.39, 0.29) is 6.42 Å². The van der Waals surface area contributed by atoms with E-state index in [2.05, 4.69) is 0 Å². The van der Waals surface area contributed by atoms with E-state index in [1.54, 1.807) is 0 Å². The maximum absolute atomic E-state index is 10.2. The van der Waals surface area contributed by atoms with E-state index in [0.29, 0.717) is 6.42 Å². The molecule has 0 rings (SSSR count). The summed E-state index contributed by atoms with van der Waals surface area (Å²) >= 11 is 10.5. The molecule has 12 heavy (non-hydrogen) atoms. The maximum atomic E-state index is 10.2. The van der Waals surface area contributed by atoms with Crippen LogP contribution in [-0.4, -0.2) is 20.6 Å². The summed E-state index contributed by atoms with van der Waals surface area (Å²) < 4.78 is -2.27. The number of nitro groups is 1. The van der Waals surface area contributed by atoms with E-state index in [0.717, 1.165) is 6.42 Å². The molecule has 0 aliphatic rings. The highest BCUT2D eigenvalue weighted by Gasteiger charge is 2.45. The summed E-state index contributed by atoms with van der Waals surface area (Å²) in [4.78, 5) is 9.31. The largest absolute Gasteiger partial charge is 0.395 e. The van der Waals surface area contributed by atoms with Gasteiger partial charge in [-0.15, -0.1) is 0 Å². The van der Waals surface area contributed by atoms with Crippen LogP contribution >= 0.6 is 23.2 Å². The Morgan fingerprint density at radius 2 is 2.17 bits per heavy atom. The van der Waals surface area contributed by atoms with Crippen molar-refractivity contribution < 1.29 is 10.0 Å². The van der Waals surface area contributed by atoms with Crippen molar-refractivity contribution >= 4 is 23.2 Å². The van der Waals surface area contributed by atoms with Crippen molar-refractivity contribution in [3.05, 3.63) is 10.1 Å². The summed E-state index contributed by atoms with van der Waals surface area (Å²) in [6, 6.07) is 0. The Bertz CT molecular complexity index is 163. The molecule has 0 saturated carbocycles. The third kappa shape index (κ3) is 3.13. The van der Waals surface area contributed by atoms with Crippen LogP contribution in [0.2, 0.25) is 0 Å². The smallest absolute Gasteiger partial charge is 0.383 e. The number of unbranched alkanes of at least 4 members (excludes halogenated alkanes) is 1. The van der Waals surface area contributed by atoms with Crippen molar-refractivity contribution in [3.8, 4) is 0 Å². The standard InChI is InChI=1S/C6H11Cl2NO3/c1-2-3-4-5(10)6(7,8)9(11)12/h5,10H,2-4H2,1H3. The quantitative estimate of drug-likeness (QED) is 0.330. The summed E-state index contributed by atoms with van der Waals surface area (Å²) in [6.07, 6.45) is 0.426. The van der Waals surface area contributed by atoms with Gasteiger partial charge in [0.05, 0.1) is 4.92 Å². The molecule has 4 nitrogen and oxygen atoms in total. The molecule has 0 bridgehead atoms. The first kappa shape index (κ1) is 11.9. The second-order valence-electron chi connectivity index (χ2n) is 2.50. The van der Waals surface area contributed by atoms with Gasteiger partial charge in [0.1, 0.15) is 0 Å². The Labute approximate surface area is 80.6 Å². The first-order chi connectivity index (χ1) is 5.42. The lowest BCUT2D eigenvalue weighted by Crippen LogP contribution is -2.38. The van der Waals surface area contributed by atoms with E-state index in [1.165, 1.54) is 0 Å². The van der Waals surface area contributed by atoms with Gasteiger partial charge in [0, 0.05) is 0 Å². The average molecular weight is 216 g/mol. The predicted molar refractivity (Wildman–Crippen MR) is 47.0 cm³/mol. The van der Waals surface area contributed by atoms with Gasteiger partial charge in [-0.2, -0.15) is 0 Å². The van der Waals surface area contributed by atoms with Crippen LogP contribution in [0.4, 0.5) is 0 Å². The minimum absolute atomic E-state index is 0.241. The average Bonchev–Trinajstić information content (AvgIpc) is 1.99. The third-order valence-corrected chi connectivity index (χ3v) is 2.26. The van der Waals surface area contributed by atoms with Gasteiger partial charge in [-0.3, -0.25) is 10.1 Å². The first-order valence-electron chi connectivity index (χ1n) is 3.63. The molecule has 1 atom stereocenters. The molecular formula is C6H11Cl2NO3. The number of hydrogen-bond acceptors (Lipinski definition) is 3. The number of halogens is 2. The Morgan fingerprint density at radius 1 is 1.67 bits per heavy atom. The summed E-state index contributed by atoms with van der Waals surface area (Å²) in [7, 11) is 0. The van der Waals surface area contributed by atoms with Gasteiger partial charge in [-0.25, -0.2) is 0 Å². The van der Waals surface area contributed by atoms with Gasteiger partial charge in [0.15, 0.2) is 6.10 Å². The Kier molecular flexibility index (Phi) is 4.82. The summed E-state index contributed by atoms with van der Waals surface area (Å²) in [6.45, 7) is 1.91. The Balaban J connectivity index is 4.06. The van der Waals surface area contributed by atoms with Crippen LogP contribution in [0.3, 0.4) is 0 Å². The van der Waals surface area contributed by atoms with E-state index >= 15 is 0 Å². The molecule has 0 saturated heterocycles. The zero-order valence-electron chi connectivity index (χ0n) is 6.67. The third-order valence-electron chi connectivity index (χ3n) is 1.48. The normalized spacial score (nSPS) is 14.3. The lowest BCUT2D eigenvalue weighted by atomic mass is 10.1. The zero-order chi connectivity index (χ0) is 9.78. The molecule has 72 valence electrons. The summed E-state index contributed by atoms with van der Waals surface area (Å²) in [5, 5.41) is 19.4. The van der Waals surface area contributed by atoms with Crippen molar-refractivity contribution in [2.75, 3.05) is 0 Å². The van der Waals surface area contributed by atoms with E-state index in [9.17, 15) is 15.2 Å². The molecule has 6 heteroatoms. The van der Waals surface area contributed by atoms with Crippen molar-refractivity contribution in [2.24, 2.45) is 0 Å². The lowest BCUT2D eigenvalue weighted by molar-refractivity contribution is -0.528. The number of hydrogen-bond donors (Lipinski definition) is 1. The molecule has 0 aliphatic carbocycles. The van der Waals surface area contributed by atoms with Crippen LogP contribution in [0.15, 0.2) is 0 Å². The highest BCUT2D eigenvalue weighted by atomic mass is 35.5. The minimum atomic E-state index is -2.27. The molecule has 0 fully saturated rings. The SMILES string of the molecule is CCCCC(O)C(Cl)(Cl)[N+](=O)[O-]. The molecule has 0 aromatic carbocycles. The second-order valence-corrected chi connectivity index (χ2v) is 3.85. The lowest BCUT2D eigenvalue weighted by Gasteiger charge is -2.16. The summed E-state index contributed by atoms with van der Waals surface area (Å²) in [5.41, 5.74) is 0. The number of alkyl halides is 2.